The standard InChI is InChI=1S/C15H9F5N2OS/c16-8-7(9(17)11(19)12(20)10(8)18)13-21-14(23)6-4-2-1-3-5(4)24-15(6)22-13/h13,22H,1-3H2,(H,21,23)/t13-/m0/s1. The Morgan fingerprint density at radius 2 is 1.50 bits per heavy atom. The molecule has 2 heterocycles. The number of benzene rings is 1. The van der Waals surface area contributed by atoms with E-state index < -0.39 is 46.7 Å². The molecule has 0 bridgehead atoms. The highest BCUT2D eigenvalue weighted by molar-refractivity contribution is 7.16. The van der Waals surface area contributed by atoms with Gasteiger partial charge in [0.25, 0.3) is 5.91 Å². The second-order valence-corrected chi connectivity index (χ2v) is 6.70. The fraction of sp³-hybridized carbons (Fsp3) is 0.267. The van der Waals surface area contributed by atoms with Crippen molar-refractivity contribution in [3.8, 4) is 0 Å². The average Bonchev–Trinajstić information content (AvgIpc) is 3.11. The number of aryl methyl sites for hydroxylation is 1. The highest BCUT2D eigenvalue weighted by Crippen LogP contribution is 2.43. The van der Waals surface area contributed by atoms with E-state index in [1.807, 2.05) is 0 Å². The molecule has 1 atom stereocenters. The van der Waals surface area contributed by atoms with Gasteiger partial charge in [0.2, 0.25) is 5.82 Å². The van der Waals surface area contributed by atoms with Gasteiger partial charge in [-0.3, -0.25) is 4.79 Å². The van der Waals surface area contributed by atoms with E-state index in [0.29, 0.717) is 10.6 Å². The van der Waals surface area contributed by atoms with Crippen molar-refractivity contribution in [3.05, 3.63) is 50.7 Å². The summed E-state index contributed by atoms with van der Waals surface area (Å²) in [6.45, 7) is 0. The first-order valence-corrected chi connectivity index (χ1v) is 7.95. The van der Waals surface area contributed by atoms with E-state index in [4.69, 9.17) is 0 Å². The number of amides is 1. The largest absolute Gasteiger partial charge is 0.352 e. The first-order valence-electron chi connectivity index (χ1n) is 7.13. The second-order valence-electron chi connectivity index (χ2n) is 5.60. The number of thiophene rings is 1. The number of anilines is 1. The zero-order valence-electron chi connectivity index (χ0n) is 11.9. The first-order chi connectivity index (χ1) is 11.4. The van der Waals surface area contributed by atoms with Gasteiger partial charge in [0.1, 0.15) is 11.2 Å². The van der Waals surface area contributed by atoms with Gasteiger partial charge < -0.3 is 10.6 Å². The van der Waals surface area contributed by atoms with E-state index in [2.05, 4.69) is 10.6 Å². The molecular formula is C15H9F5N2OS. The molecule has 1 aromatic heterocycles. The summed E-state index contributed by atoms with van der Waals surface area (Å²) >= 11 is 1.27. The Morgan fingerprint density at radius 1 is 0.875 bits per heavy atom. The monoisotopic (exact) mass is 360 g/mol. The normalized spacial score (nSPS) is 18.9. The topological polar surface area (TPSA) is 41.1 Å². The zero-order valence-corrected chi connectivity index (χ0v) is 12.7. The third-order valence-corrected chi connectivity index (χ3v) is 5.45. The van der Waals surface area contributed by atoms with Crippen LogP contribution in [0, 0.1) is 29.1 Å². The molecule has 24 heavy (non-hydrogen) atoms. The fourth-order valence-electron chi connectivity index (χ4n) is 3.14. The molecule has 2 aromatic rings. The first kappa shape index (κ1) is 15.4. The molecule has 0 saturated heterocycles. The van der Waals surface area contributed by atoms with Gasteiger partial charge in [-0.25, -0.2) is 22.0 Å². The van der Waals surface area contributed by atoms with Crippen LogP contribution in [-0.2, 0) is 12.8 Å². The molecule has 0 radical (unpaired) electrons. The van der Waals surface area contributed by atoms with E-state index in [-0.39, 0.29) is 0 Å². The van der Waals surface area contributed by atoms with Crippen LogP contribution in [0.1, 0.15) is 38.9 Å². The Morgan fingerprint density at radius 3 is 2.17 bits per heavy atom. The van der Waals surface area contributed by atoms with Crippen LogP contribution in [0.3, 0.4) is 0 Å². The van der Waals surface area contributed by atoms with Crippen molar-refractivity contribution in [1.29, 1.82) is 0 Å². The minimum Gasteiger partial charge on any atom is -0.352 e. The zero-order chi connectivity index (χ0) is 17.2. The summed E-state index contributed by atoms with van der Waals surface area (Å²) in [6.07, 6.45) is 0.912. The number of hydrogen-bond acceptors (Lipinski definition) is 3. The lowest BCUT2D eigenvalue weighted by molar-refractivity contribution is 0.0934. The van der Waals surface area contributed by atoms with Gasteiger partial charge in [0.05, 0.1) is 11.1 Å². The maximum absolute atomic E-state index is 13.9. The molecule has 0 spiro atoms. The van der Waals surface area contributed by atoms with Gasteiger partial charge in [0, 0.05) is 4.88 Å². The lowest BCUT2D eigenvalue weighted by Gasteiger charge is -2.27. The van der Waals surface area contributed by atoms with Crippen molar-refractivity contribution in [3.63, 3.8) is 0 Å². The van der Waals surface area contributed by atoms with E-state index in [1.165, 1.54) is 11.3 Å². The van der Waals surface area contributed by atoms with Crippen molar-refractivity contribution in [2.45, 2.75) is 25.4 Å². The Bertz CT molecular complexity index is 866. The van der Waals surface area contributed by atoms with E-state index in [1.54, 1.807) is 0 Å². The minimum absolute atomic E-state index is 0.386. The van der Waals surface area contributed by atoms with Gasteiger partial charge in [0.15, 0.2) is 23.3 Å². The molecular weight excluding hydrogens is 351 g/mol. The highest BCUT2D eigenvalue weighted by Gasteiger charge is 2.37. The summed E-state index contributed by atoms with van der Waals surface area (Å²) < 4.78 is 67.8. The Balaban J connectivity index is 1.81. The molecule has 1 amide bonds. The summed E-state index contributed by atoms with van der Waals surface area (Å²) in [5.41, 5.74) is 0.183. The van der Waals surface area contributed by atoms with Gasteiger partial charge in [-0.1, -0.05) is 0 Å². The van der Waals surface area contributed by atoms with Crippen LogP contribution >= 0.6 is 11.3 Å². The van der Waals surface area contributed by atoms with E-state index in [0.717, 1.165) is 29.7 Å². The molecule has 0 fully saturated rings. The lowest BCUT2D eigenvalue weighted by atomic mass is 10.0. The number of carbonyl (C=O) groups is 1. The van der Waals surface area contributed by atoms with Gasteiger partial charge >= 0.3 is 0 Å². The van der Waals surface area contributed by atoms with Gasteiger partial charge in [-0.05, 0) is 24.8 Å². The Labute approximate surface area is 136 Å². The van der Waals surface area contributed by atoms with E-state index >= 15 is 0 Å². The number of fused-ring (bicyclic) bond motifs is 3. The third-order valence-electron chi connectivity index (χ3n) is 4.23. The van der Waals surface area contributed by atoms with Crippen LogP contribution in [0.4, 0.5) is 27.0 Å². The maximum Gasteiger partial charge on any atom is 0.256 e. The number of carbonyl (C=O) groups excluding carboxylic acids is 1. The molecule has 126 valence electrons. The van der Waals surface area contributed by atoms with Crippen LogP contribution in [0.5, 0.6) is 0 Å². The number of halogens is 5. The molecule has 9 heteroatoms. The smallest absolute Gasteiger partial charge is 0.256 e. The number of hydrogen-bond donors (Lipinski definition) is 2. The number of rotatable bonds is 1. The molecule has 0 unspecified atom stereocenters. The molecule has 2 aliphatic rings. The molecule has 3 nitrogen and oxygen atoms in total. The van der Waals surface area contributed by atoms with Gasteiger partial charge in [-0.15, -0.1) is 11.3 Å². The number of nitrogens with one attached hydrogen (secondary N) is 2. The predicted octanol–water partition coefficient (Wildman–Crippen LogP) is 3.79. The molecule has 1 aliphatic heterocycles. The summed E-state index contributed by atoms with van der Waals surface area (Å²) in [5, 5.41) is 5.35. The fourth-order valence-corrected chi connectivity index (χ4v) is 4.45. The summed E-state index contributed by atoms with van der Waals surface area (Å²) in [6, 6.07) is 0. The highest BCUT2D eigenvalue weighted by atomic mass is 32.1. The second kappa shape index (κ2) is 5.17. The van der Waals surface area contributed by atoms with Crippen LogP contribution < -0.4 is 10.6 Å². The van der Waals surface area contributed by atoms with Crippen LogP contribution in [-0.4, -0.2) is 5.91 Å². The SMILES string of the molecule is O=C1N[C@H](c2c(F)c(F)c(F)c(F)c2F)Nc2sc3c(c21)CCC3. The maximum atomic E-state index is 13.9. The molecule has 2 N–H and O–H groups in total. The van der Waals surface area contributed by atoms with Crippen molar-refractivity contribution < 1.29 is 26.7 Å². The Hall–Kier alpha value is -2.16. The summed E-state index contributed by atoms with van der Waals surface area (Å²) in [4.78, 5) is 13.3. The van der Waals surface area contributed by atoms with Crippen molar-refractivity contribution in [2.24, 2.45) is 0 Å². The summed E-state index contributed by atoms with van der Waals surface area (Å²) in [7, 11) is 0. The Kier molecular flexibility index (Phi) is 3.31. The third kappa shape index (κ3) is 1.97. The quantitative estimate of drug-likeness (QED) is 0.462. The minimum atomic E-state index is -2.23. The van der Waals surface area contributed by atoms with Crippen molar-refractivity contribution in [1.82, 2.24) is 5.32 Å². The molecule has 1 aromatic carbocycles. The lowest BCUT2D eigenvalue weighted by Crippen LogP contribution is -2.39. The predicted molar refractivity (Wildman–Crippen MR) is 76.4 cm³/mol. The van der Waals surface area contributed by atoms with Crippen molar-refractivity contribution in [2.75, 3.05) is 5.32 Å². The molecule has 1 aliphatic carbocycles. The van der Waals surface area contributed by atoms with E-state index in [9.17, 15) is 26.7 Å². The summed E-state index contributed by atoms with van der Waals surface area (Å²) in [5.74, 6) is -10.8. The molecule has 0 saturated carbocycles. The van der Waals surface area contributed by atoms with Crippen LogP contribution in [0.25, 0.3) is 0 Å². The average molecular weight is 360 g/mol. The van der Waals surface area contributed by atoms with Crippen LogP contribution in [0.2, 0.25) is 0 Å². The van der Waals surface area contributed by atoms with Crippen LogP contribution in [0.15, 0.2) is 0 Å². The molecule has 4 rings (SSSR count). The van der Waals surface area contributed by atoms with Crippen molar-refractivity contribution >= 4 is 22.2 Å². The van der Waals surface area contributed by atoms with Gasteiger partial charge in [-0.2, -0.15) is 0 Å².